The summed E-state index contributed by atoms with van der Waals surface area (Å²) in [5.41, 5.74) is 0. The van der Waals surface area contributed by atoms with Crippen LogP contribution in [0.25, 0.3) is 0 Å². The van der Waals surface area contributed by atoms with Crippen molar-refractivity contribution < 1.29 is 5.11 Å². The van der Waals surface area contributed by atoms with Crippen molar-refractivity contribution in [3.63, 3.8) is 0 Å². The number of anilines is 1. The van der Waals surface area contributed by atoms with Gasteiger partial charge in [-0.1, -0.05) is 6.07 Å². The lowest BCUT2D eigenvalue weighted by Gasteiger charge is -2.05. The molecule has 0 aliphatic heterocycles. The molecule has 1 unspecified atom stereocenters. The van der Waals surface area contributed by atoms with Crippen molar-refractivity contribution in [1.82, 2.24) is 4.98 Å². The second kappa shape index (κ2) is 4.77. The standard InChI is InChI=1S/C8H13BN2O/c9-7(12)4-6-11-8-3-1-2-5-10-8/h1-3,5,7,12H,4,6,9H2,(H,10,11). The Bertz CT molecular complexity index is 216. The third-order valence-corrected chi connectivity index (χ3v) is 1.53. The molecule has 0 saturated heterocycles. The molecule has 0 spiro atoms. The van der Waals surface area contributed by atoms with Crippen LogP contribution in [0.3, 0.4) is 0 Å². The molecule has 0 amide bonds. The lowest BCUT2D eigenvalue weighted by Crippen LogP contribution is -2.13. The molecule has 1 rings (SSSR count). The Balaban J connectivity index is 2.25. The van der Waals surface area contributed by atoms with Crippen LogP contribution in [0.4, 0.5) is 5.82 Å². The molecule has 0 aliphatic rings. The van der Waals surface area contributed by atoms with Crippen molar-refractivity contribution in [2.45, 2.75) is 12.4 Å². The average Bonchev–Trinajstić information content (AvgIpc) is 2.05. The Kier molecular flexibility index (Phi) is 3.61. The highest BCUT2D eigenvalue weighted by molar-refractivity contribution is 6.10. The van der Waals surface area contributed by atoms with Crippen LogP contribution >= 0.6 is 0 Å². The molecule has 12 heavy (non-hydrogen) atoms. The van der Waals surface area contributed by atoms with Crippen LogP contribution in [0, 0.1) is 0 Å². The van der Waals surface area contributed by atoms with E-state index >= 15 is 0 Å². The van der Waals surface area contributed by atoms with E-state index in [4.69, 9.17) is 5.11 Å². The van der Waals surface area contributed by atoms with E-state index < -0.39 is 0 Å². The Labute approximate surface area is 73.2 Å². The van der Waals surface area contributed by atoms with E-state index in [0.29, 0.717) is 0 Å². The summed E-state index contributed by atoms with van der Waals surface area (Å²) in [4.78, 5) is 4.08. The van der Waals surface area contributed by atoms with Gasteiger partial charge in [-0.2, -0.15) is 0 Å². The molecule has 0 fully saturated rings. The minimum absolute atomic E-state index is 0.249. The zero-order valence-electron chi connectivity index (χ0n) is 7.20. The quantitative estimate of drug-likeness (QED) is 0.607. The highest BCUT2D eigenvalue weighted by Gasteiger charge is 1.95. The molecular weight excluding hydrogens is 151 g/mol. The van der Waals surface area contributed by atoms with Gasteiger partial charge in [-0.15, -0.1) is 0 Å². The number of hydrogen-bond donors (Lipinski definition) is 2. The fraction of sp³-hybridized carbons (Fsp3) is 0.375. The van der Waals surface area contributed by atoms with E-state index in [2.05, 4.69) is 10.3 Å². The molecule has 64 valence electrons. The summed E-state index contributed by atoms with van der Waals surface area (Å²) < 4.78 is 0. The summed E-state index contributed by atoms with van der Waals surface area (Å²) in [7, 11) is 1.78. The molecule has 0 aliphatic carbocycles. The van der Waals surface area contributed by atoms with Crippen LogP contribution in [0.5, 0.6) is 0 Å². The van der Waals surface area contributed by atoms with Gasteiger partial charge in [0.1, 0.15) is 13.7 Å². The Hall–Kier alpha value is -1.03. The molecule has 3 nitrogen and oxygen atoms in total. The zero-order valence-corrected chi connectivity index (χ0v) is 7.20. The summed E-state index contributed by atoms with van der Waals surface area (Å²) in [6, 6.07) is 5.46. The molecule has 0 radical (unpaired) electrons. The van der Waals surface area contributed by atoms with Crippen molar-refractivity contribution in [2.75, 3.05) is 11.9 Å². The number of nitrogens with zero attached hydrogens (tertiary/aromatic N) is 1. The van der Waals surface area contributed by atoms with E-state index in [-0.39, 0.29) is 6.00 Å². The van der Waals surface area contributed by atoms with Gasteiger partial charge in [0.15, 0.2) is 0 Å². The molecule has 1 aromatic heterocycles. The number of aromatic nitrogens is 1. The maximum absolute atomic E-state index is 8.97. The molecule has 0 bridgehead atoms. The highest BCUT2D eigenvalue weighted by Crippen LogP contribution is 1.99. The lowest BCUT2D eigenvalue weighted by atomic mass is 9.97. The van der Waals surface area contributed by atoms with Crippen LogP contribution in [-0.2, 0) is 0 Å². The summed E-state index contributed by atoms with van der Waals surface area (Å²) in [5, 5.41) is 12.1. The van der Waals surface area contributed by atoms with Gasteiger partial charge in [0.2, 0.25) is 0 Å². The van der Waals surface area contributed by atoms with E-state index in [1.165, 1.54) is 0 Å². The zero-order chi connectivity index (χ0) is 8.81. The van der Waals surface area contributed by atoms with Gasteiger partial charge in [0.25, 0.3) is 0 Å². The maximum Gasteiger partial charge on any atom is 0.138 e. The van der Waals surface area contributed by atoms with E-state index in [1.54, 1.807) is 14.0 Å². The predicted molar refractivity (Wildman–Crippen MR) is 51.9 cm³/mol. The number of nitrogens with one attached hydrogen (secondary N) is 1. The van der Waals surface area contributed by atoms with Gasteiger partial charge >= 0.3 is 0 Å². The van der Waals surface area contributed by atoms with E-state index in [1.807, 2.05) is 18.2 Å². The number of rotatable bonds is 4. The summed E-state index contributed by atoms with van der Waals surface area (Å²) in [6.45, 7) is 0.759. The Morgan fingerprint density at radius 3 is 3.00 bits per heavy atom. The largest absolute Gasteiger partial charge is 0.402 e. The van der Waals surface area contributed by atoms with Crippen LogP contribution in [0.2, 0.25) is 0 Å². The fourth-order valence-corrected chi connectivity index (χ4v) is 0.876. The van der Waals surface area contributed by atoms with Gasteiger partial charge in [0.05, 0.1) is 0 Å². The lowest BCUT2D eigenvalue weighted by molar-refractivity contribution is 0.249. The van der Waals surface area contributed by atoms with Crippen LogP contribution in [0.15, 0.2) is 24.4 Å². The molecule has 0 aromatic carbocycles. The minimum Gasteiger partial charge on any atom is -0.402 e. The van der Waals surface area contributed by atoms with Gasteiger partial charge in [0, 0.05) is 18.7 Å². The topological polar surface area (TPSA) is 45.1 Å². The number of hydrogen-bond acceptors (Lipinski definition) is 3. The molecule has 4 heteroatoms. The highest BCUT2D eigenvalue weighted by atomic mass is 16.3. The molecule has 1 heterocycles. The fourth-order valence-electron chi connectivity index (χ4n) is 0.876. The smallest absolute Gasteiger partial charge is 0.138 e. The van der Waals surface area contributed by atoms with Crippen molar-refractivity contribution >= 4 is 13.7 Å². The van der Waals surface area contributed by atoms with Crippen molar-refractivity contribution in [1.29, 1.82) is 0 Å². The number of aliphatic hydroxyl groups is 1. The molecular formula is C8H13BN2O. The predicted octanol–water partition coefficient (Wildman–Crippen LogP) is -0.165. The first-order chi connectivity index (χ1) is 5.79. The first-order valence-electron chi connectivity index (χ1n) is 4.12. The average molecular weight is 164 g/mol. The first-order valence-corrected chi connectivity index (χ1v) is 4.12. The Morgan fingerprint density at radius 1 is 1.58 bits per heavy atom. The Morgan fingerprint density at radius 2 is 2.42 bits per heavy atom. The number of pyridine rings is 1. The second-order valence-corrected chi connectivity index (χ2v) is 2.78. The second-order valence-electron chi connectivity index (χ2n) is 2.78. The third kappa shape index (κ3) is 3.39. The molecule has 1 aromatic rings. The summed E-state index contributed by atoms with van der Waals surface area (Å²) in [5.74, 6) is 0.859. The maximum atomic E-state index is 8.97. The monoisotopic (exact) mass is 164 g/mol. The van der Waals surface area contributed by atoms with Gasteiger partial charge in [-0.25, -0.2) is 4.98 Å². The first kappa shape index (κ1) is 9.07. The van der Waals surface area contributed by atoms with Gasteiger partial charge in [-0.05, 0) is 18.6 Å². The molecule has 1 atom stereocenters. The SMILES string of the molecule is BC(O)CCNc1ccccn1. The van der Waals surface area contributed by atoms with Crippen molar-refractivity contribution in [2.24, 2.45) is 0 Å². The number of aliphatic hydroxyl groups excluding tert-OH is 1. The molecule has 2 N–H and O–H groups in total. The van der Waals surface area contributed by atoms with Crippen LogP contribution in [0.1, 0.15) is 6.42 Å². The normalized spacial score (nSPS) is 12.4. The van der Waals surface area contributed by atoms with Crippen molar-refractivity contribution in [3.05, 3.63) is 24.4 Å². The van der Waals surface area contributed by atoms with Crippen LogP contribution in [-0.4, -0.2) is 30.5 Å². The minimum atomic E-state index is -0.249. The van der Waals surface area contributed by atoms with Gasteiger partial charge < -0.3 is 10.4 Å². The van der Waals surface area contributed by atoms with Crippen LogP contribution < -0.4 is 5.32 Å². The summed E-state index contributed by atoms with van der Waals surface area (Å²) in [6.07, 6.45) is 2.49. The van der Waals surface area contributed by atoms with E-state index in [9.17, 15) is 0 Å². The van der Waals surface area contributed by atoms with E-state index in [0.717, 1.165) is 18.8 Å². The summed E-state index contributed by atoms with van der Waals surface area (Å²) >= 11 is 0. The van der Waals surface area contributed by atoms with Crippen molar-refractivity contribution in [3.8, 4) is 0 Å². The molecule has 0 saturated carbocycles. The third-order valence-electron chi connectivity index (χ3n) is 1.53. The van der Waals surface area contributed by atoms with Gasteiger partial charge in [-0.3, -0.25) is 0 Å².